The monoisotopic (exact) mass is 364 g/mol. The zero-order valence-electron chi connectivity index (χ0n) is 13.7. The second kappa shape index (κ2) is 8.30. The zero-order valence-corrected chi connectivity index (χ0v) is 15.2. The predicted molar refractivity (Wildman–Crippen MR) is 100 cm³/mol. The first-order valence-electron chi connectivity index (χ1n) is 7.98. The molecule has 1 saturated heterocycles. The van der Waals surface area contributed by atoms with Gasteiger partial charge in [-0.15, -0.1) is 11.3 Å². The van der Waals surface area contributed by atoms with E-state index in [-0.39, 0.29) is 0 Å². The average molecular weight is 365 g/mol. The lowest BCUT2D eigenvalue weighted by Gasteiger charge is -2.36. The van der Waals surface area contributed by atoms with Gasteiger partial charge < -0.3 is 15.1 Å². The second-order valence-electron chi connectivity index (χ2n) is 5.45. The molecule has 1 fully saturated rings. The number of aromatic nitrogens is 2. The lowest BCUT2D eigenvalue weighted by Crippen LogP contribution is -2.53. The summed E-state index contributed by atoms with van der Waals surface area (Å²) in [6.07, 6.45) is 4.52. The Bertz CT molecular complexity index is 666. The largest absolute Gasteiger partial charge is 0.356 e. The molecule has 0 radical (unpaired) electrons. The molecule has 0 unspecified atom stereocenters. The smallest absolute Gasteiger partial charge is 0.225 e. The van der Waals surface area contributed by atoms with Gasteiger partial charge >= 0.3 is 0 Å². The molecule has 0 spiro atoms. The second-order valence-corrected chi connectivity index (χ2v) is 7.25. The lowest BCUT2D eigenvalue weighted by molar-refractivity contribution is 0.370. The first-order valence-corrected chi connectivity index (χ1v) is 9.17. The maximum Gasteiger partial charge on any atom is 0.225 e. The van der Waals surface area contributed by atoms with Gasteiger partial charge in [0.2, 0.25) is 5.95 Å². The minimum absolute atomic E-state index is 0.801. The summed E-state index contributed by atoms with van der Waals surface area (Å²) in [6, 6.07) is 5.86. The topological polar surface area (TPSA) is 56.7 Å². The molecule has 8 heteroatoms. The summed E-state index contributed by atoms with van der Waals surface area (Å²) >= 11 is 7.60. The number of guanidine groups is 1. The Kier molecular flexibility index (Phi) is 5.87. The fourth-order valence-electron chi connectivity index (χ4n) is 2.69. The van der Waals surface area contributed by atoms with E-state index in [4.69, 9.17) is 11.6 Å². The van der Waals surface area contributed by atoms with Crippen LogP contribution in [0.25, 0.3) is 0 Å². The van der Waals surface area contributed by atoms with Crippen LogP contribution in [0.5, 0.6) is 0 Å². The van der Waals surface area contributed by atoms with Gasteiger partial charge in [-0.05, 0) is 24.6 Å². The number of piperazine rings is 1. The van der Waals surface area contributed by atoms with Crippen molar-refractivity contribution in [2.75, 3.05) is 44.7 Å². The van der Waals surface area contributed by atoms with Crippen LogP contribution in [0.3, 0.4) is 0 Å². The van der Waals surface area contributed by atoms with Gasteiger partial charge in [0, 0.05) is 57.0 Å². The van der Waals surface area contributed by atoms with Gasteiger partial charge in [0.25, 0.3) is 0 Å². The molecule has 0 saturated carbocycles. The summed E-state index contributed by atoms with van der Waals surface area (Å²) in [6.45, 7) is 4.45. The Balaban J connectivity index is 1.47. The Labute approximate surface area is 151 Å². The van der Waals surface area contributed by atoms with E-state index in [0.717, 1.165) is 55.4 Å². The summed E-state index contributed by atoms with van der Waals surface area (Å²) in [5.74, 6) is 1.75. The van der Waals surface area contributed by atoms with Crippen molar-refractivity contribution in [3.8, 4) is 0 Å². The van der Waals surface area contributed by atoms with Crippen LogP contribution < -0.4 is 10.2 Å². The first kappa shape index (κ1) is 17.0. The molecule has 0 aliphatic carbocycles. The minimum Gasteiger partial charge on any atom is -0.356 e. The highest BCUT2D eigenvalue weighted by Gasteiger charge is 2.20. The summed E-state index contributed by atoms with van der Waals surface area (Å²) in [5, 5.41) is 3.44. The molecule has 3 rings (SSSR count). The Morgan fingerprint density at radius 1 is 1.25 bits per heavy atom. The molecule has 24 heavy (non-hydrogen) atoms. The molecule has 0 atom stereocenters. The van der Waals surface area contributed by atoms with Gasteiger partial charge in [-0.25, -0.2) is 9.97 Å². The zero-order chi connectivity index (χ0) is 16.8. The maximum absolute atomic E-state index is 5.97. The maximum atomic E-state index is 5.97. The van der Waals surface area contributed by atoms with Crippen molar-refractivity contribution in [2.45, 2.75) is 6.42 Å². The van der Waals surface area contributed by atoms with Crippen molar-refractivity contribution in [1.29, 1.82) is 0 Å². The molecular formula is C16H21ClN6S. The van der Waals surface area contributed by atoms with Crippen LogP contribution in [0.1, 0.15) is 4.88 Å². The number of anilines is 1. The lowest BCUT2D eigenvalue weighted by atomic mass is 10.3. The fraction of sp³-hybridized carbons (Fsp3) is 0.438. The van der Waals surface area contributed by atoms with E-state index in [0.29, 0.717) is 0 Å². The summed E-state index contributed by atoms with van der Waals surface area (Å²) < 4.78 is 0.841. The standard InChI is InChI=1S/C16H21ClN6S/c1-18-15(21-8-5-13-3-4-14(17)24-13)22-9-11-23(12-10-22)16-19-6-2-7-20-16/h2-4,6-7H,5,8-12H2,1H3,(H,18,21). The quantitative estimate of drug-likeness (QED) is 0.665. The Morgan fingerprint density at radius 2 is 2.00 bits per heavy atom. The van der Waals surface area contributed by atoms with Crippen LogP contribution in [0.2, 0.25) is 4.34 Å². The van der Waals surface area contributed by atoms with Crippen molar-refractivity contribution in [2.24, 2.45) is 4.99 Å². The number of rotatable bonds is 4. The third-order valence-corrected chi connectivity index (χ3v) is 5.20. The fourth-order valence-corrected chi connectivity index (χ4v) is 3.78. The van der Waals surface area contributed by atoms with E-state index in [1.54, 1.807) is 23.7 Å². The summed E-state index contributed by atoms with van der Waals surface area (Å²) in [7, 11) is 1.83. The first-order chi connectivity index (χ1) is 11.8. The summed E-state index contributed by atoms with van der Waals surface area (Å²) in [5.41, 5.74) is 0. The summed E-state index contributed by atoms with van der Waals surface area (Å²) in [4.78, 5) is 18.8. The number of nitrogens with zero attached hydrogens (tertiary/aromatic N) is 5. The molecule has 3 heterocycles. The highest BCUT2D eigenvalue weighted by atomic mass is 35.5. The van der Waals surface area contributed by atoms with Crippen molar-refractivity contribution < 1.29 is 0 Å². The number of hydrogen-bond donors (Lipinski definition) is 1. The van der Waals surface area contributed by atoms with Crippen molar-refractivity contribution >= 4 is 34.8 Å². The highest BCUT2D eigenvalue weighted by Crippen LogP contribution is 2.21. The van der Waals surface area contributed by atoms with Crippen molar-refractivity contribution in [1.82, 2.24) is 20.2 Å². The van der Waals surface area contributed by atoms with E-state index < -0.39 is 0 Å². The predicted octanol–water partition coefficient (Wildman–Crippen LogP) is 2.13. The van der Waals surface area contributed by atoms with E-state index in [2.05, 4.69) is 36.1 Å². The van der Waals surface area contributed by atoms with Crippen LogP contribution >= 0.6 is 22.9 Å². The van der Waals surface area contributed by atoms with Gasteiger partial charge in [-0.2, -0.15) is 0 Å². The molecule has 128 valence electrons. The van der Waals surface area contributed by atoms with Gasteiger partial charge in [0.15, 0.2) is 5.96 Å². The molecular weight excluding hydrogens is 344 g/mol. The van der Waals surface area contributed by atoms with Crippen LogP contribution in [0.4, 0.5) is 5.95 Å². The van der Waals surface area contributed by atoms with Crippen LogP contribution in [-0.2, 0) is 6.42 Å². The molecule has 2 aromatic rings. The van der Waals surface area contributed by atoms with Gasteiger partial charge in [-0.1, -0.05) is 11.6 Å². The van der Waals surface area contributed by atoms with E-state index >= 15 is 0 Å². The third-order valence-electron chi connectivity index (χ3n) is 3.91. The molecule has 0 bridgehead atoms. The molecule has 0 amide bonds. The SMILES string of the molecule is CN=C(NCCc1ccc(Cl)s1)N1CCN(c2ncccn2)CC1. The number of halogens is 1. The molecule has 6 nitrogen and oxygen atoms in total. The average Bonchev–Trinajstić information content (AvgIpc) is 3.05. The van der Waals surface area contributed by atoms with Crippen LogP contribution in [0, 0.1) is 0 Å². The number of nitrogens with one attached hydrogen (secondary N) is 1. The van der Waals surface area contributed by atoms with E-state index in [1.165, 1.54) is 4.88 Å². The van der Waals surface area contributed by atoms with Crippen LogP contribution in [-0.4, -0.2) is 60.6 Å². The van der Waals surface area contributed by atoms with Gasteiger partial charge in [-0.3, -0.25) is 4.99 Å². The van der Waals surface area contributed by atoms with Crippen molar-refractivity contribution in [3.63, 3.8) is 0 Å². The Morgan fingerprint density at radius 3 is 2.62 bits per heavy atom. The molecule has 1 aliphatic rings. The van der Waals surface area contributed by atoms with Gasteiger partial charge in [0.1, 0.15) is 0 Å². The molecule has 0 aromatic carbocycles. The molecule has 2 aromatic heterocycles. The number of thiophene rings is 1. The Hall–Kier alpha value is -1.86. The normalized spacial score (nSPS) is 15.7. The molecule has 1 aliphatic heterocycles. The molecule has 1 N–H and O–H groups in total. The highest BCUT2D eigenvalue weighted by molar-refractivity contribution is 7.16. The van der Waals surface area contributed by atoms with E-state index in [1.807, 2.05) is 19.2 Å². The number of hydrogen-bond acceptors (Lipinski definition) is 5. The third kappa shape index (κ3) is 4.36. The van der Waals surface area contributed by atoms with Crippen LogP contribution in [0.15, 0.2) is 35.6 Å². The van der Waals surface area contributed by atoms with Crippen molar-refractivity contribution in [3.05, 3.63) is 39.8 Å². The van der Waals surface area contributed by atoms with Gasteiger partial charge in [0.05, 0.1) is 4.34 Å². The van der Waals surface area contributed by atoms with E-state index in [9.17, 15) is 0 Å². The minimum atomic E-state index is 0.801. The number of aliphatic imine (C=N–C) groups is 1.